The summed E-state index contributed by atoms with van der Waals surface area (Å²) in [4.78, 5) is -0.226. The lowest BCUT2D eigenvalue weighted by Crippen LogP contribution is -2.37. The molecule has 0 aliphatic rings. The molecule has 0 spiro atoms. The summed E-state index contributed by atoms with van der Waals surface area (Å²) in [6.07, 6.45) is -2.67. The number of rotatable bonds is 4. The molecule has 0 saturated heterocycles. The minimum atomic E-state index is -4.78. The van der Waals surface area contributed by atoms with E-state index in [2.05, 4.69) is 5.10 Å². The molecule has 1 N–H and O–H groups in total. The summed E-state index contributed by atoms with van der Waals surface area (Å²) in [5.74, 6) is 0. The number of hydrogen-bond donors (Lipinski definition) is 1. The van der Waals surface area contributed by atoms with E-state index in [1.807, 2.05) is 0 Å². The minimum Gasteiger partial charge on any atom is -0.275 e. The predicted octanol–water partition coefficient (Wildman–Crippen LogP) is 2.31. The Labute approximate surface area is 125 Å². The third kappa shape index (κ3) is 3.66. The van der Waals surface area contributed by atoms with E-state index in [9.17, 15) is 21.6 Å². The predicted molar refractivity (Wildman–Crippen MR) is 73.5 cm³/mol. The van der Waals surface area contributed by atoms with Crippen LogP contribution in [-0.2, 0) is 17.1 Å². The highest BCUT2D eigenvalue weighted by Crippen LogP contribution is 2.33. The van der Waals surface area contributed by atoms with Crippen molar-refractivity contribution in [3.8, 4) is 0 Å². The number of aromatic nitrogens is 2. The van der Waals surface area contributed by atoms with E-state index in [-0.39, 0.29) is 10.5 Å². The van der Waals surface area contributed by atoms with Gasteiger partial charge in [0, 0.05) is 18.8 Å². The van der Waals surface area contributed by atoms with Gasteiger partial charge < -0.3 is 0 Å². The zero-order valence-electron chi connectivity index (χ0n) is 11.8. The number of alkyl halides is 3. The molecule has 120 valence electrons. The zero-order chi connectivity index (χ0) is 16.5. The van der Waals surface area contributed by atoms with Gasteiger partial charge in [0.25, 0.3) is 0 Å². The van der Waals surface area contributed by atoms with E-state index in [1.165, 1.54) is 36.0 Å². The van der Waals surface area contributed by atoms with Crippen LogP contribution in [0, 0.1) is 6.92 Å². The molecule has 9 heteroatoms. The molecule has 0 aliphatic carbocycles. The second-order valence-electron chi connectivity index (χ2n) is 4.86. The van der Waals surface area contributed by atoms with Crippen LogP contribution in [0.5, 0.6) is 0 Å². The molecule has 2 aromatic rings. The lowest BCUT2D eigenvalue weighted by molar-refractivity contribution is -0.153. The molecule has 2 rings (SSSR count). The van der Waals surface area contributed by atoms with E-state index in [0.29, 0.717) is 0 Å². The van der Waals surface area contributed by atoms with Crippen LogP contribution in [0.15, 0.2) is 41.6 Å². The largest absolute Gasteiger partial charge is 0.408 e. The molecule has 5 nitrogen and oxygen atoms in total. The van der Waals surface area contributed by atoms with Gasteiger partial charge in [0.1, 0.15) is 6.04 Å². The van der Waals surface area contributed by atoms with Gasteiger partial charge in [-0.2, -0.15) is 23.0 Å². The second-order valence-corrected chi connectivity index (χ2v) is 6.57. The molecular weight excluding hydrogens is 319 g/mol. The SMILES string of the molecule is Cc1ccc(S(=O)(=O)N[C@@H](c2cnn(C)c2)C(F)(F)F)cc1. The first-order valence-corrected chi connectivity index (χ1v) is 7.72. The summed E-state index contributed by atoms with van der Waals surface area (Å²) >= 11 is 0. The van der Waals surface area contributed by atoms with Crippen molar-refractivity contribution in [2.45, 2.75) is 24.0 Å². The Morgan fingerprint density at radius 1 is 1.23 bits per heavy atom. The van der Waals surface area contributed by atoms with Crippen molar-refractivity contribution in [3.63, 3.8) is 0 Å². The summed E-state index contributed by atoms with van der Waals surface area (Å²) in [7, 11) is -2.86. The Bertz CT molecular complexity index is 752. The number of hydrogen-bond acceptors (Lipinski definition) is 3. The first-order valence-electron chi connectivity index (χ1n) is 6.24. The Morgan fingerprint density at radius 2 is 1.82 bits per heavy atom. The summed E-state index contributed by atoms with van der Waals surface area (Å²) in [6.45, 7) is 1.75. The van der Waals surface area contributed by atoms with Crippen molar-refractivity contribution in [3.05, 3.63) is 47.8 Å². The number of nitrogens with one attached hydrogen (secondary N) is 1. The molecule has 1 heterocycles. The second kappa shape index (κ2) is 5.73. The van der Waals surface area contributed by atoms with Gasteiger partial charge in [-0.3, -0.25) is 4.68 Å². The van der Waals surface area contributed by atoms with Crippen LogP contribution >= 0.6 is 0 Å². The molecule has 1 aromatic heterocycles. The van der Waals surface area contributed by atoms with Crippen LogP contribution in [0.2, 0.25) is 0 Å². The molecule has 1 aromatic carbocycles. The monoisotopic (exact) mass is 333 g/mol. The minimum absolute atomic E-state index is 0.226. The molecule has 0 amide bonds. The molecule has 0 radical (unpaired) electrons. The van der Waals surface area contributed by atoms with Gasteiger partial charge in [-0.05, 0) is 19.1 Å². The Morgan fingerprint density at radius 3 is 2.27 bits per heavy atom. The van der Waals surface area contributed by atoms with Gasteiger partial charge >= 0.3 is 6.18 Å². The summed E-state index contributed by atoms with van der Waals surface area (Å²) < 4.78 is 66.6. The van der Waals surface area contributed by atoms with E-state index < -0.39 is 22.2 Å². The normalized spacial score (nSPS) is 14.0. The van der Waals surface area contributed by atoms with Gasteiger partial charge in [0.2, 0.25) is 10.0 Å². The van der Waals surface area contributed by atoms with Crippen LogP contribution in [0.3, 0.4) is 0 Å². The van der Waals surface area contributed by atoms with E-state index >= 15 is 0 Å². The number of aryl methyl sites for hydroxylation is 2. The van der Waals surface area contributed by atoms with Crippen molar-refractivity contribution in [2.24, 2.45) is 7.05 Å². The molecule has 0 unspecified atom stereocenters. The van der Waals surface area contributed by atoms with Crippen LogP contribution in [0.1, 0.15) is 17.2 Å². The van der Waals surface area contributed by atoms with E-state index in [0.717, 1.165) is 18.0 Å². The van der Waals surface area contributed by atoms with Crippen molar-refractivity contribution >= 4 is 10.0 Å². The zero-order valence-corrected chi connectivity index (χ0v) is 12.6. The number of nitrogens with zero attached hydrogens (tertiary/aromatic N) is 2. The quantitative estimate of drug-likeness (QED) is 0.934. The van der Waals surface area contributed by atoms with Crippen molar-refractivity contribution in [1.29, 1.82) is 0 Å². The van der Waals surface area contributed by atoms with Gasteiger partial charge in [-0.15, -0.1) is 0 Å². The van der Waals surface area contributed by atoms with Crippen molar-refractivity contribution in [1.82, 2.24) is 14.5 Å². The molecule has 0 saturated carbocycles. The highest BCUT2D eigenvalue weighted by molar-refractivity contribution is 7.89. The summed E-state index contributed by atoms with van der Waals surface area (Å²) in [5.41, 5.74) is 0.532. The highest BCUT2D eigenvalue weighted by atomic mass is 32.2. The van der Waals surface area contributed by atoms with Gasteiger partial charge in [0.15, 0.2) is 0 Å². The molecule has 0 fully saturated rings. The molecule has 0 bridgehead atoms. The van der Waals surface area contributed by atoms with Crippen LogP contribution < -0.4 is 4.72 Å². The lowest BCUT2D eigenvalue weighted by Gasteiger charge is -2.20. The molecule has 1 atom stereocenters. The van der Waals surface area contributed by atoms with Crippen LogP contribution in [0.25, 0.3) is 0 Å². The maximum absolute atomic E-state index is 13.2. The Hall–Kier alpha value is -1.87. The van der Waals surface area contributed by atoms with Crippen LogP contribution in [-0.4, -0.2) is 24.4 Å². The number of sulfonamides is 1. The topological polar surface area (TPSA) is 64.0 Å². The third-order valence-corrected chi connectivity index (χ3v) is 4.43. The fourth-order valence-corrected chi connectivity index (χ4v) is 3.06. The average molecular weight is 333 g/mol. The van der Waals surface area contributed by atoms with E-state index in [4.69, 9.17) is 0 Å². The standard InChI is InChI=1S/C13H14F3N3O2S/c1-9-3-5-11(6-4-9)22(20,21)18-12(13(14,15)16)10-7-17-19(2)8-10/h3-8,12,18H,1-2H3/t12-/m0/s1. The Balaban J connectivity index is 2.36. The smallest absolute Gasteiger partial charge is 0.275 e. The first kappa shape index (κ1) is 16.5. The van der Waals surface area contributed by atoms with Crippen molar-refractivity contribution in [2.75, 3.05) is 0 Å². The molecule has 22 heavy (non-hydrogen) atoms. The lowest BCUT2D eigenvalue weighted by atomic mass is 10.2. The maximum atomic E-state index is 13.2. The van der Waals surface area contributed by atoms with Crippen LogP contribution in [0.4, 0.5) is 13.2 Å². The fraction of sp³-hybridized carbons (Fsp3) is 0.308. The van der Waals surface area contributed by atoms with Gasteiger partial charge in [0.05, 0.1) is 11.1 Å². The first-order chi connectivity index (χ1) is 10.1. The third-order valence-electron chi connectivity index (χ3n) is 2.99. The number of halogens is 3. The highest BCUT2D eigenvalue weighted by Gasteiger charge is 2.44. The average Bonchev–Trinajstić information content (AvgIpc) is 2.81. The van der Waals surface area contributed by atoms with E-state index in [1.54, 1.807) is 11.6 Å². The number of benzene rings is 1. The summed E-state index contributed by atoms with van der Waals surface area (Å²) in [6, 6.07) is 3.19. The van der Waals surface area contributed by atoms with Gasteiger partial charge in [-0.1, -0.05) is 17.7 Å². The Kier molecular flexibility index (Phi) is 4.30. The maximum Gasteiger partial charge on any atom is 0.408 e. The molecule has 0 aliphatic heterocycles. The molecular formula is C13H14F3N3O2S. The van der Waals surface area contributed by atoms with Gasteiger partial charge in [-0.25, -0.2) is 8.42 Å². The summed E-state index contributed by atoms with van der Waals surface area (Å²) in [5, 5.41) is 3.65. The fourth-order valence-electron chi connectivity index (χ4n) is 1.85. The van der Waals surface area contributed by atoms with Crippen molar-refractivity contribution < 1.29 is 21.6 Å².